The van der Waals surface area contributed by atoms with Gasteiger partial charge in [0, 0.05) is 32.2 Å². The average molecular weight is 379 g/mol. The first-order valence-corrected chi connectivity index (χ1v) is 8.51. The quantitative estimate of drug-likeness (QED) is 0.889. The van der Waals surface area contributed by atoms with Gasteiger partial charge < -0.3 is 15.1 Å². The van der Waals surface area contributed by atoms with Crippen LogP contribution in [-0.2, 0) is 6.18 Å². The molecule has 1 aliphatic heterocycles. The normalized spacial score (nSPS) is 15.7. The molecule has 144 valence electrons. The third-order valence-corrected chi connectivity index (χ3v) is 4.34. The van der Waals surface area contributed by atoms with Crippen LogP contribution in [0.2, 0.25) is 0 Å². The first kappa shape index (κ1) is 19.1. The number of anilines is 2. The Labute approximate surface area is 155 Å². The minimum absolute atomic E-state index is 0.124. The Morgan fingerprint density at radius 1 is 1.11 bits per heavy atom. The number of likely N-dealkylation sites (N-methyl/N-ethyl adjacent to an activating group) is 1. The van der Waals surface area contributed by atoms with Crippen LogP contribution in [0.1, 0.15) is 21.9 Å². The van der Waals surface area contributed by atoms with E-state index in [-0.39, 0.29) is 23.1 Å². The summed E-state index contributed by atoms with van der Waals surface area (Å²) in [6, 6.07) is 6.53. The van der Waals surface area contributed by atoms with E-state index in [0.717, 1.165) is 19.2 Å². The number of carbonyl (C=O) groups is 1. The fourth-order valence-corrected chi connectivity index (χ4v) is 2.89. The van der Waals surface area contributed by atoms with E-state index in [1.165, 1.54) is 24.3 Å². The van der Waals surface area contributed by atoms with E-state index in [9.17, 15) is 18.0 Å². The van der Waals surface area contributed by atoms with Crippen molar-refractivity contribution in [3.8, 4) is 0 Å². The van der Waals surface area contributed by atoms with Gasteiger partial charge in [0.1, 0.15) is 17.3 Å². The number of aryl methyl sites for hydroxylation is 1. The summed E-state index contributed by atoms with van der Waals surface area (Å²) in [5, 5.41) is 2.68. The molecule has 1 aliphatic rings. The minimum atomic E-state index is -4.50. The molecule has 3 rings (SSSR count). The van der Waals surface area contributed by atoms with Gasteiger partial charge in [0.25, 0.3) is 5.91 Å². The number of nitrogens with one attached hydrogen (secondary N) is 1. The van der Waals surface area contributed by atoms with Crippen molar-refractivity contribution in [1.82, 2.24) is 19.8 Å². The smallest absolute Gasteiger partial charge is 0.340 e. The molecule has 2 heterocycles. The highest BCUT2D eigenvalue weighted by atomic mass is 19.4. The third kappa shape index (κ3) is 4.54. The number of carbonyl (C=O) groups excluding carboxylic acids is 1. The van der Waals surface area contributed by atoms with Gasteiger partial charge in [-0.3, -0.25) is 4.79 Å². The van der Waals surface area contributed by atoms with Gasteiger partial charge in [-0.25, -0.2) is 9.97 Å². The van der Waals surface area contributed by atoms with E-state index >= 15 is 0 Å². The fourth-order valence-electron chi connectivity index (χ4n) is 2.89. The summed E-state index contributed by atoms with van der Waals surface area (Å²) in [6.45, 7) is 4.29. The number of nitrogens with zero attached hydrogens (tertiary/aromatic N) is 4. The molecule has 1 aromatic carbocycles. The lowest BCUT2D eigenvalue weighted by molar-refractivity contribution is -0.136. The maximum Gasteiger partial charge on any atom is 0.418 e. The summed E-state index contributed by atoms with van der Waals surface area (Å²) in [5.74, 6) is 0.208. The molecule has 9 heteroatoms. The lowest BCUT2D eigenvalue weighted by atomic mass is 10.1. The number of amides is 1. The number of hydrogen-bond acceptors (Lipinski definition) is 5. The number of alkyl halides is 3. The van der Waals surface area contributed by atoms with Crippen molar-refractivity contribution in [2.45, 2.75) is 13.1 Å². The summed E-state index contributed by atoms with van der Waals surface area (Å²) < 4.78 is 39.5. The van der Waals surface area contributed by atoms with Crippen molar-refractivity contribution < 1.29 is 18.0 Å². The second kappa shape index (κ2) is 7.51. The molecular formula is C18H20F3N5O. The van der Waals surface area contributed by atoms with Gasteiger partial charge in [0.05, 0.1) is 11.3 Å². The van der Waals surface area contributed by atoms with Crippen LogP contribution in [0, 0.1) is 6.92 Å². The Balaban J connectivity index is 1.86. The predicted octanol–water partition coefficient (Wildman–Crippen LogP) is 2.94. The van der Waals surface area contributed by atoms with Crippen molar-refractivity contribution in [3.05, 3.63) is 47.4 Å². The van der Waals surface area contributed by atoms with Gasteiger partial charge in [0.15, 0.2) is 0 Å². The summed E-state index contributed by atoms with van der Waals surface area (Å²) in [4.78, 5) is 24.8. The number of hydrogen-bond donors (Lipinski definition) is 1. The zero-order valence-electron chi connectivity index (χ0n) is 15.0. The Morgan fingerprint density at radius 2 is 1.78 bits per heavy atom. The third-order valence-electron chi connectivity index (χ3n) is 4.34. The van der Waals surface area contributed by atoms with E-state index in [0.29, 0.717) is 18.9 Å². The Morgan fingerprint density at radius 3 is 2.44 bits per heavy atom. The minimum Gasteiger partial charge on any atom is -0.340 e. The summed E-state index contributed by atoms with van der Waals surface area (Å²) in [7, 11) is 1.98. The Hall–Kier alpha value is -2.68. The number of para-hydroxylation sites is 1. The van der Waals surface area contributed by atoms with Gasteiger partial charge in [-0.15, -0.1) is 0 Å². The predicted molar refractivity (Wildman–Crippen MR) is 94.9 cm³/mol. The van der Waals surface area contributed by atoms with Crippen LogP contribution in [0.5, 0.6) is 0 Å². The molecule has 0 spiro atoms. The highest BCUT2D eigenvalue weighted by Gasteiger charge is 2.33. The number of rotatable bonds is 3. The molecule has 1 saturated heterocycles. The summed E-state index contributed by atoms with van der Waals surface area (Å²) in [6.07, 6.45) is -4.50. The molecule has 0 saturated carbocycles. The second-order valence-electron chi connectivity index (χ2n) is 6.45. The van der Waals surface area contributed by atoms with E-state index in [2.05, 4.69) is 20.2 Å². The number of aromatic nitrogens is 2. The molecular weight excluding hydrogens is 359 g/mol. The number of piperazine rings is 1. The van der Waals surface area contributed by atoms with Crippen LogP contribution in [-0.4, -0.2) is 58.9 Å². The topological polar surface area (TPSA) is 61.4 Å². The van der Waals surface area contributed by atoms with E-state index in [1.807, 2.05) is 7.05 Å². The van der Waals surface area contributed by atoms with Crippen LogP contribution in [0.3, 0.4) is 0 Å². The molecule has 1 fully saturated rings. The molecule has 0 bridgehead atoms. The van der Waals surface area contributed by atoms with Crippen LogP contribution in [0.4, 0.5) is 24.7 Å². The zero-order chi connectivity index (χ0) is 19.6. The maximum absolute atomic E-state index is 13.2. The number of benzene rings is 1. The van der Waals surface area contributed by atoms with E-state index in [1.54, 1.807) is 11.8 Å². The van der Waals surface area contributed by atoms with Crippen LogP contribution in [0.15, 0.2) is 30.3 Å². The Bertz CT molecular complexity index is 832. The van der Waals surface area contributed by atoms with Crippen molar-refractivity contribution in [1.29, 1.82) is 0 Å². The van der Waals surface area contributed by atoms with Gasteiger partial charge >= 0.3 is 6.18 Å². The molecule has 0 radical (unpaired) electrons. The molecule has 0 aliphatic carbocycles. The zero-order valence-corrected chi connectivity index (χ0v) is 15.0. The highest BCUT2D eigenvalue weighted by molar-refractivity contribution is 5.93. The van der Waals surface area contributed by atoms with Crippen LogP contribution in [0.25, 0.3) is 0 Å². The molecule has 0 atom stereocenters. The molecule has 27 heavy (non-hydrogen) atoms. The first-order chi connectivity index (χ1) is 12.7. The molecule has 0 unspecified atom stereocenters. The van der Waals surface area contributed by atoms with Crippen molar-refractivity contribution in [2.24, 2.45) is 0 Å². The van der Waals surface area contributed by atoms with E-state index < -0.39 is 11.7 Å². The van der Waals surface area contributed by atoms with Crippen molar-refractivity contribution >= 4 is 17.4 Å². The van der Waals surface area contributed by atoms with E-state index in [4.69, 9.17) is 0 Å². The lowest BCUT2D eigenvalue weighted by Gasteiger charge is -2.32. The van der Waals surface area contributed by atoms with Crippen LogP contribution < -0.4 is 5.32 Å². The highest BCUT2D eigenvalue weighted by Crippen LogP contribution is 2.35. The van der Waals surface area contributed by atoms with Gasteiger partial charge in [0.2, 0.25) is 0 Å². The first-order valence-electron chi connectivity index (χ1n) is 8.51. The maximum atomic E-state index is 13.2. The Kier molecular flexibility index (Phi) is 5.31. The molecule has 1 aromatic heterocycles. The van der Waals surface area contributed by atoms with Gasteiger partial charge in [-0.1, -0.05) is 12.1 Å². The van der Waals surface area contributed by atoms with Crippen LogP contribution >= 0.6 is 0 Å². The molecule has 1 N–H and O–H groups in total. The van der Waals surface area contributed by atoms with Crippen molar-refractivity contribution in [3.63, 3.8) is 0 Å². The second-order valence-corrected chi connectivity index (χ2v) is 6.45. The van der Waals surface area contributed by atoms with Gasteiger partial charge in [-0.2, -0.15) is 13.2 Å². The molecule has 2 aromatic rings. The van der Waals surface area contributed by atoms with Gasteiger partial charge in [-0.05, 0) is 26.1 Å². The SMILES string of the molecule is Cc1nc(Nc2ccccc2C(F)(F)F)cc(C(=O)N2CCN(C)CC2)n1. The molecule has 6 nitrogen and oxygen atoms in total. The summed E-state index contributed by atoms with van der Waals surface area (Å²) in [5.41, 5.74) is -0.756. The van der Waals surface area contributed by atoms with Crippen molar-refractivity contribution in [2.75, 3.05) is 38.5 Å². The standard InChI is InChI=1S/C18H20F3N5O/c1-12-22-15(17(27)26-9-7-25(2)8-10-26)11-16(23-12)24-14-6-4-3-5-13(14)18(19,20)21/h3-6,11H,7-10H2,1-2H3,(H,22,23,24). The number of halogens is 3. The largest absolute Gasteiger partial charge is 0.418 e. The monoisotopic (exact) mass is 379 g/mol. The average Bonchev–Trinajstić information content (AvgIpc) is 2.61. The lowest BCUT2D eigenvalue weighted by Crippen LogP contribution is -2.47. The molecule has 1 amide bonds. The summed E-state index contributed by atoms with van der Waals surface area (Å²) >= 11 is 0. The fraction of sp³-hybridized carbons (Fsp3) is 0.389.